The van der Waals surface area contributed by atoms with Crippen LogP contribution in [0.5, 0.6) is 17.2 Å². The van der Waals surface area contributed by atoms with Gasteiger partial charge in [-0.05, 0) is 103 Å². The van der Waals surface area contributed by atoms with Gasteiger partial charge >= 0.3 is 0 Å². The maximum Gasteiger partial charge on any atom is 0.260 e. The Morgan fingerprint density at radius 2 is 1.68 bits per heavy atom. The number of ether oxygens (including phenoxy) is 2. The number of rotatable bonds is 7. The summed E-state index contributed by atoms with van der Waals surface area (Å²) in [7, 11) is 1.55. The normalized spacial score (nSPS) is 26.5. The Hall–Kier alpha value is -5.58. The standard InChI is InChI=1S/C44H37Cl2N3O7/c1-3-23-4-9-28(10-5-23)48-40(51)32-15-14-31-33(38(32)42(48)53)21-34-41(52)49(47-36-16-8-27(45)20-35(36)46)43(54)44(34,26-6-12-30(55-2)13-7-26)39(31)25-18-24-19-29(50)11-17-37(24)56-22-25/h4-14,16-17,19-20,22,32-34,38-39,47,50H,3,15,18,21H2,1-2H3/t32-,33+,34-,38-,39-,44+/m0/s1. The summed E-state index contributed by atoms with van der Waals surface area (Å²) in [6.07, 6.45) is 5.15. The Morgan fingerprint density at radius 3 is 2.39 bits per heavy atom. The lowest BCUT2D eigenvalue weighted by Gasteiger charge is -2.51. The zero-order valence-corrected chi connectivity index (χ0v) is 32.0. The molecule has 2 N–H and O–H groups in total. The van der Waals surface area contributed by atoms with Crippen LogP contribution in [0, 0.1) is 29.6 Å². The lowest BCUT2D eigenvalue weighted by Crippen LogP contribution is -2.55. The van der Waals surface area contributed by atoms with Gasteiger partial charge in [-0.25, -0.2) is 0 Å². The van der Waals surface area contributed by atoms with E-state index in [0.29, 0.717) is 44.6 Å². The number of halogens is 2. The molecule has 0 radical (unpaired) electrons. The monoisotopic (exact) mass is 789 g/mol. The van der Waals surface area contributed by atoms with Crippen LogP contribution in [0.1, 0.15) is 36.5 Å². The van der Waals surface area contributed by atoms with Crippen LogP contribution in [0.3, 0.4) is 0 Å². The number of allylic oxidation sites excluding steroid dienone is 3. The summed E-state index contributed by atoms with van der Waals surface area (Å²) in [5.41, 5.74) is 6.16. The molecule has 2 aliphatic carbocycles. The third kappa shape index (κ3) is 5.37. The zero-order valence-electron chi connectivity index (χ0n) is 30.5. The lowest BCUT2D eigenvalue weighted by atomic mass is 9.48. The predicted molar refractivity (Wildman–Crippen MR) is 210 cm³/mol. The van der Waals surface area contributed by atoms with Crippen molar-refractivity contribution >= 4 is 58.2 Å². The van der Waals surface area contributed by atoms with Crippen LogP contribution in [0.2, 0.25) is 10.0 Å². The topological polar surface area (TPSA) is 125 Å². The van der Waals surface area contributed by atoms with E-state index < -0.39 is 46.8 Å². The van der Waals surface area contributed by atoms with Crippen molar-refractivity contribution in [3.63, 3.8) is 0 Å². The van der Waals surface area contributed by atoms with Crippen molar-refractivity contribution in [2.75, 3.05) is 17.4 Å². The summed E-state index contributed by atoms with van der Waals surface area (Å²) in [6.45, 7) is 2.04. The van der Waals surface area contributed by atoms with Gasteiger partial charge in [-0.2, -0.15) is 5.01 Å². The molecule has 3 heterocycles. The molecule has 4 amide bonds. The predicted octanol–water partition coefficient (Wildman–Crippen LogP) is 7.81. The summed E-state index contributed by atoms with van der Waals surface area (Å²) in [5.74, 6) is -4.16. The van der Waals surface area contributed by atoms with E-state index in [4.69, 9.17) is 32.7 Å². The fraction of sp³-hybridized carbons (Fsp3) is 0.273. The molecule has 56 heavy (non-hydrogen) atoms. The van der Waals surface area contributed by atoms with Crippen molar-refractivity contribution in [3.8, 4) is 17.2 Å². The summed E-state index contributed by atoms with van der Waals surface area (Å²) in [5, 5.41) is 12.1. The Kier molecular flexibility index (Phi) is 8.74. The molecule has 3 fully saturated rings. The van der Waals surface area contributed by atoms with Crippen molar-refractivity contribution in [1.82, 2.24) is 5.01 Å². The number of carbonyl (C=O) groups is 4. The third-order valence-electron chi connectivity index (χ3n) is 12.3. The van der Waals surface area contributed by atoms with E-state index in [-0.39, 0.29) is 41.8 Å². The summed E-state index contributed by atoms with van der Waals surface area (Å²) < 4.78 is 11.7. The second kappa shape index (κ2) is 13.6. The highest BCUT2D eigenvalue weighted by atomic mass is 35.5. The van der Waals surface area contributed by atoms with Crippen molar-refractivity contribution in [2.45, 2.75) is 38.0 Å². The number of hydrogen-bond donors (Lipinski definition) is 2. The molecule has 2 saturated heterocycles. The summed E-state index contributed by atoms with van der Waals surface area (Å²) in [6, 6.07) is 24.2. The minimum atomic E-state index is -1.53. The van der Waals surface area contributed by atoms with Gasteiger partial charge in [0.05, 0.1) is 52.9 Å². The average molecular weight is 791 g/mol. The van der Waals surface area contributed by atoms with E-state index in [1.165, 1.54) is 11.0 Å². The van der Waals surface area contributed by atoms with Crippen LogP contribution in [-0.4, -0.2) is 40.9 Å². The number of aromatic hydroxyl groups is 1. The SMILES string of the molecule is CCc1ccc(N2C(=O)[C@H]3[C@H](CC=C4[C@H](C5=COc6ccc(O)cc6C5)[C@]5(c6ccc(OC)cc6)C(=O)N(Nc6ccc(Cl)cc6Cl)C(=O)[C@@H]5C[C@H]43)C2=O)cc1. The number of phenols is 1. The van der Waals surface area contributed by atoms with Gasteiger partial charge in [0.2, 0.25) is 11.8 Å². The highest BCUT2D eigenvalue weighted by molar-refractivity contribution is 6.36. The first-order chi connectivity index (χ1) is 27.0. The van der Waals surface area contributed by atoms with Crippen LogP contribution < -0.4 is 19.8 Å². The summed E-state index contributed by atoms with van der Waals surface area (Å²) >= 11 is 12.8. The van der Waals surface area contributed by atoms with E-state index >= 15 is 9.59 Å². The van der Waals surface area contributed by atoms with Gasteiger partial charge in [-0.1, -0.05) is 66.0 Å². The number of hydrazine groups is 1. The Labute approximate surface area is 333 Å². The number of phenolic OH excluding ortho intramolecular Hbond substituents is 1. The first-order valence-electron chi connectivity index (χ1n) is 18.6. The number of aryl methyl sites for hydroxylation is 1. The fourth-order valence-electron chi connectivity index (χ4n) is 9.79. The second-order valence-corrected chi connectivity index (χ2v) is 15.9. The van der Waals surface area contributed by atoms with Gasteiger partial charge in [0.25, 0.3) is 11.8 Å². The molecule has 284 valence electrons. The molecule has 9 rings (SSSR count). The number of hydrogen-bond acceptors (Lipinski definition) is 8. The second-order valence-electron chi connectivity index (χ2n) is 15.0. The smallest absolute Gasteiger partial charge is 0.260 e. The van der Waals surface area contributed by atoms with Crippen LogP contribution in [0.15, 0.2) is 108 Å². The van der Waals surface area contributed by atoms with Gasteiger partial charge in [0, 0.05) is 22.9 Å². The molecule has 0 spiro atoms. The summed E-state index contributed by atoms with van der Waals surface area (Å²) in [4.78, 5) is 60.7. The number of imide groups is 2. The van der Waals surface area contributed by atoms with Gasteiger partial charge in [-0.15, -0.1) is 0 Å². The number of anilines is 2. The quantitative estimate of drug-likeness (QED) is 0.144. The van der Waals surface area contributed by atoms with E-state index in [2.05, 4.69) is 5.43 Å². The largest absolute Gasteiger partial charge is 0.508 e. The first kappa shape index (κ1) is 36.1. The average Bonchev–Trinajstić information content (AvgIpc) is 3.59. The molecule has 10 nitrogen and oxygen atoms in total. The highest BCUT2D eigenvalue weighted by Gasteiger charge is 2.71. The molecule has 5 aliphatic rings. The maximum atomic E-state index is 15.5. The van der Waals surface area contributed by atoms with Crippen LogP contribution in [0.4, 0.5) is 11.4 Å². The van der Waals surface area contributed by atoms with E-state index in [9.17, 15) is 14.7 Å². The van der Waals surface area contributed by atoms with Crippen LogP contribution in [-0.2, 0) is 37.4 Å². The molecular weight excluding hydrogens is 753 g/mol. The Morgan fingerprint density at radius 1 is 0.911 bits per heavy atom. The molecule has 12 heteroatoms. The number of amides is 4. The van der Waals surface area contributed by atoms with Gasteiger partial charge in [-0.3, -0.25) is 29.5 Å². The molecule has 0 aromatic heterocycles. The number of nitrogens with one attached hydrogen (secondary N) is 1. The van der Waals surface area contributed by atoms with E-state index in [0.717, 1.165) is 22.6 Å². The van der Waals surface area contributed by atoms with Gasteiger partial charge in [0.15, 0.2) is 0 Å². The molecular formula is C44H37Cl2N3O7. The number of carbonyl (C=O) groups excluding carboxylic acids is 4. The van der Waals surface area contributed by atoms with Crippen molar-refractivity contribution in [1.29, 1.82) is 0 Å². The number of methoxy groups -OCH3 is 1. The third-order valence-corrected chi connectivity index (χ3v) is 12.9. The fourth-order valence-corrected chi connectivity index (χ4v) is 10.2. The highest BCUT2D eigenvalue weighted by Crippen LogP contribution is 2.63. The van der Waals surface area contributed by atoms with E-state index in [1.807, 2.05) is 37.3 Å². The van der Waals surface area contributed by atoms with Gasteiger partial charge in [0.1, 0.15) is 17.2 Å². The van der Waals surface area contributed by atoms with E-state index in [1.54, 1.807) is 68.0 Å². The van der Waals surface area contributed by atoms with Crippen molar-refractivity contribution < 1.29 is 33.8 Å². The van der Waals surface area contributed by atoms with Crippen LogP contribution >= 0.6 is 23.2 Å². The molecule has 0 bridgehead atoms. The molecule has 4 aromatic rings. The Bertz CT molecular complexity index is 2390. The number of nitrogens with zero attached hydrogens (tertiary/aromatic N) is 2. The Balaban J connectivity index is 1.22. The first-order valence-corrected chi connectivity index (χ1v) is 19.4. The minimum absolute atomic E-state index is 0.0575. The zero-order chi connectivity index (χ0) is 39.0. The molecule has 3 aliphatic heterocycles. The lowest BCUT2D eigenvalue weighted by molar-refractivity contribution is -0.139. The molecule has 6 atom stereocenters. The van der Waals surface area contributed by atoms with Crippen LogP contribution in [0.25, 0.3) is 0 Å². The molecule has 0 unspecified atom stereocenters. The molecule has 4 aromatic carbocycles. The number of benzene rings is 4. The number of fused-ring (bicyclic) bond motifs is 5. The van der Waals surface area contributed by atoms with Gasteiger partial charge < -0.3 is 14.6 Å². The van der Waals surface area contributed by atoms with Crippen molar-refractivity contribution in [2.24, 2.45) is 29.6 Å². The maximum absolute atomic E-state index is 15.5. The minimum Gasteiger partial charge on any atom is -0.508 e. The molecule has 1 saturated carbocycles. The van der Waals surface area contributed by atoms with Crippen molar-refractivity contribution in [3.05, 3.63) is 135 Å².